The first-order valence-corrected chi connectivity index (χ1v) is 18.4. The molecule has 2 aliphatic carbocycles. The molecule has 0 N–H and O–H groups in total. The van der Waals surface area contributed by atoms with Crippen molar-refractivity contribution in [2.24, 2.45) is 28.7 Å². The highest BCUT2D eigenvalue weighted by Crippen LogP contribution is 2.45. The quantitative estimate of drug-likeness (QED) is 0.106. The number of aromatic nitrogens is 1. The van der Waals surface area contributed by atoms with Crippen LogP contribution < -0.4 is 4.74 Å². The molecule has 4 nitrogen and oxygen atoms in total. The van der Waals surface area contributed by atoms with E-state index in [4.69, 9.17) is 4.74 Å². The summed E-state index contributed by atoms with van der Waals surface area (Å²) >= 11 is 0. The zero-order valence-electron chi connectivity index (χ0n) is 29.8. The van der Waals surface area contributed by atoms with Crippen molar-refractivity contribution in [1.29, 1.82) is 0 Å². The van der Waals surface area contributed by atoms with Gasteiger partial charge >= 0.3 is 0 Å². The molecule has 2 saturated carbocycles. The van der Waals surface area contributed by atoms with E-state index in [0.29, 0.717) is 36.1 Å². The number of ketones is 1. The van der Waals surface area contributed by atoms with Crippen LogP contribution in [-0.4, -0.2) is 30.1 Å². The standard InChI is InChI=1S/C44H54N2O2/c1-29(10-7-6-8-13-43(47)44-31(3)22-33(23-32(44)4)24-38-28-46-42-26-41(38)42)34-11-9-12-35(15-14-34)40(25-37-27-45-21-20-30(37)2)36-16-18-39(48-5)19-17-36/h6,8,16-24,27-29,34-35,40-42H,7,9-15,25-26H2,1-5H3/b8-6+,38-24?/t29-,34?,35?,40?,41?,42?/m1/s1. The Morgan fingerprint density at radius 3 is 2.40 bits per heavy atom. The van der Waals surface area contributed by atoms with Gasteiger partial charge in [-0.2, -0.15) is 0 Å². The summed E-state index contributed by atoms with van der Waals surface area (Å²) in [6, 6.07) is 15.8. The minimum Gasteiger partial charge on any atom is -0.497 e. The first-order valence-electron chi connectivity index (χ1n) is 18.4. The maximum absolute atomic E-state index is 13.2. The summed E-state index contributed by atoms with van der Waals surface area (Å²) in [7, 11) is 1.74. The van der Waals surface area contributed by atoms with Gasteiger partial charge in [0, 0.05) is 36.5 Å². The highest BCUT2D eigenvalue weighted by Gasteiger charge is 2.42. The maximum Gasteiger partial charge on any atom is 0.167 e. The summed E-state index contributed by atoms with van der Waals surface area (Å²) < 4.78 is 5.47. The molecule has 1 aromatic heterocycles. The number of rotatable bonds is 13. The number of Topliss-reactive ketones (excluding diaryl/α,β-unsaturated/α-hetero) is 1. The van der Waals surface area contributed by atoms with Crippen LogP contribution in [0, 0.1) is 44.4 Å². The fraction of sp³-hybridized carbons (Fsp3) is 0.477. The highest BCUT2D eigenvalue weighted by atomic mass is 16.5. The lowest BCUT2D eigenvalue weighted by molar-refractivity contribution is 0.0994. The molecule has 0 radical (unpaired) electrons. The van der Waals surface area contributed by atoms with Crippen LogP contribution >= 0.6 is 0 Å². The van der Waals surface area contributed by atoms with Crippen molar-refractivity contribution in [1.82, 2.24) is 4.98 Å². The molecule has 2 heterocycles. The second-order valence-corrected chi connectivity index (χ2v) is 14.9. The number of carbonyl (C=O) groups excluding carboxylic acids is 1. The lowest BCUT2D eigenvalue weighted by Crippen LogP contribution is -2.17. The topological polar surface area (TPSA) is 51.5 Å². The third-order valence-electron chi connectivity index (χ3n) is 11.6. The number of methoxy groups -OCH3 is 1. The molecular formula is C44H54N2O2. The SMILES string of the molecule is COc1ccc(C(Cc2cnccc2C)C2CCCC([C@H](C)CC/C=C/CC(=O)c3c(C)cc(C=C4C=NC5CC45)cc3C)CC2)cc1. The number of aliphatic imine (C=N–C) groups is 1. The predicted octanol–water partition coefficient (Wildman–Crippen LogP) is 10.6. The summed E-state index contributed by atoms with van der Waals surface area (Å²) in [4.78, 5) is 22.3. The number of hydrogen-bond donors (Lipinski definition) is 0. The van der Waals surface area contributed by atoms with Gasteiger partial charge in [0.25, 0.3) is 0 Å². The monoisotopic (exact) mass is 642 g/mol. The normalized spacial score (nSPS) is 24.0. The molecule has 3 aliphatic rings. The molecule has 4 heteroatoms. The molecule has 6 rings (SSSR count). The minimum absolute atomic E-state index is 0.223. The third kappa shape index (κ3) is 8.25. The van der Waals surface area contributed by atoms with E-state index in [9.17, 15) is 4.79 Å². The van der Waals surface area contributed by atoms with Crippen LogP contribution in [0.4, 0.5) is 0 Å². The van der Waals surface area contributed by atoms with Crippen LogP contribution in [0.5, 0.6) is 5.75 Å². The zero-order chi connectivity index (χ0) is 33.6. The van der Waals surface area contributed by atoms with E-state index >= 15 is 0 Å². The first kappa shape index (κ1) is 34.1. The molecule has 5 unspecified atom stereocenters. The van der Waals surface area contributed by atoms with Gasteiger partial charge in [-0.1, -0.05) is 56.2 Å². The molecule has 2 aromatic carbocycles. The van der Waals surface area contributed by atoms with Crippen LogP contribution in [0.1, 0.15) is 114 Å². The molecule has 0 bridgehead atoms. The van der Waals surface area contributed by atoms with Gasteiger partial charge in [-0.25, -0.2) is 0 Å². The van der Waals surface area contributed by atoms with E-state index in [1.807, 2.05) is 12.4 Å². The van der Waals surface area contributed by atoms with Crippen LogP contribution in [0.15, 0.2) is 77.6 Å². The Hall–Kier alpha value is -3.79. The Labute approximate surface area is 288 Å². The van der Waals surface area contributed by atoms with E-state index in [1.165, 1.54) is 72.8 Å². The number of hydrogen-bond acceptors (Lipinski definition) is 4. The van der Waals surface area contributed by atoms with Crippen molar-refractivity contribution in [3.63, 3.8) is 0 Å². The molecule has 6 atom stereocenters. The number of benzene rings is 2. The summed E-state index contributed by atoms with van der Waals surface area (Å²) in [5.74, 6) is 4.38. The number of fused-ring (bicyclic) bond motifs is 1. The van der Waals surface area contributed by atoms with Gasteiger partial charge < -0.3 is 4.74 Å². The van der Waals surface area contributed by atoms with Crippen molar-refractivity contribution < 1.29 is 9.53 Å². The molecule has 0 saturated heterocycles. The van der Waals surface area contributed by atoms with Gasteiger partial charge in [0.2, 0.25) is 0 Å². The van der Waals surface area contributed by atoms with Gasteiger partial charge in [-0.3, -0.25) is 14.8 Å². The summed E-state index contributed by atoms with van der Waals surface area (Å²) in [5.41, 5.74) is 9.69. The average molecular weight is 643 g/mol. The molecule has 2 fully saturated rings. The van der Waals surface area contributed by atoms with Gasteiger partial charge in [-0.05, 0) is 153 Å². The molecule has 48 heavy (non-hydrogen) atoms. The molecule has 0 spiro atoms. The first-order chi connectivity index (χ1) is 23.3. The van der Waals surface area contributed by atoms with Gasteiger partial charge in [0.15, 0.2) is 5.78 Å². The number of carbonyl (C=O) groups is 1. The minimum atomic E-state index is 0.223. The molecule has 3 aromatic rings. The maximum atomic E-state index is 13.2. The number of aryl methyl sites for hydroxylation is 3. The summed E-state index contributed by atoms with van der Waals surface area (Å²) in [5, 5.41) is 0. The Morgan fingerprint density at radius 1 is 0.958 bits per heavy atom. The van der Waals surface area contributed by atoms with Gasteiger partial charge in [-0.15, -0.1) is 0 Å². The zero-order valence-corrected chi connectivity index (χ0v) is 29.8. The van der Waals surface area contributed by atoms with E-state index in [1.54, 1.807) is 7.11 Å². The van der Waals surface area contributed by atoms with Crippen LogP contribution in [0.2, 0.25) is 0 Å². The largest absolute Gasteiger partial charge is 0.497 e. The second kappa shape index (κ2) is 15.6. The number of nitrogens with zero attached hydrogens (tertiary/aromatic N) is 2. The highest BCUT2D eigenvalue weighted by molar-refractivity contribution is 6.00. The average Bonchev–Trinajstić information content (AvgIpc) is 3.82. The smallest absolute Gasteiger partial charge is 0.167 e. The second-order valence-electron chi connectivity index (χ2n) is 14.9. The lowest BCUT2D eigenvalue weighted by Gasteiger charge is -2.28. The van der Waals surface area contributed by atoms with E-state index in [0.717, 1.165) is 41.2 Å². The van der Waals surface area contributed by atoms with Crippen LogP contribution in [-0.2, 0) is 6.42 Å². The number of ether oxygens (including phenoxy) is 1. The van der Waals surface area contributed by atoms with Crippen LogP contribution in [0.3, 0.4) is 0 Å². The lowest BCUT2D eigenvalue weighted by atomic mass is 9.77. The van der Waals surface area contributed by atoms with E-state index < -0.39 is 0 Å². The Balaban J connectivity index is 1.00. The van der Waals surface area contributed by atoms with E-state index in [-0.39, 0.29) is 5.78 Å². The third-order valence-corrected chi connectivity index (χ3v) is 11.6. The van der Waals surface area contributed by atoms with Crippen molar-refractivity contribution in [2.45, 2.75) is 104 Å². The number of pyridine rings is 1. The summed E-state index contributed by atoms with van der Waals surface area (Å²) in [6.07, 6.45) is 24.0. The fourth-order valence-electron chi connectivity index (χ4n) is 8.53. The number of allylic oxidation sites excluding steroid dienone is 2. The summed E-state index contributed by atoms with van der Waals surface area (Å²) in [6.45, 7) is 8.82. The van der Waals surface area contributed by atoms with E-state index in [2.05, 4.69) is 105 Å². The van der Waals surface area contributed by atoms with Crippen molar-refractivity contribution >= 4 is 18.1 Å². The predicted molar refractivity (Wildman–Crippen MR) is 199 cm³/mol. The molecule has 0 amide bonds. The molecular weight excluding hydrogens is 588 g/mol. The van der Waals surface area contributed by atoms with Crippen molar-refractivity contribution in [3.05, 3.63) is 112 Å². The Bertz CT molecular complexity index is 1640. The van der Waals surface area contributed by atoms with Crippen molar-refractivity contribution in [2.75, 3.05) is 7.11 Å². The molecule has 252 valence electrons. The fourth-order valence-corrected chi connectivity index (χ4v) is 8.53. The van der Waals surface area contributed by atoms with Gasteiger partial charge in [0.1, 0.15) is 5.75 Å². The Kier molecular flexibility index (Phi) is 11.1. The molecule has 1 aliphatic heterocycles. The Morgan fingerprint density at radius 2 is 1.71 bits per heavy atom. The van der Waals surface area contributed by atoms with Crippen LogP contribution in [0.25, 0.3) is 6.08 Å². The van der Waals surface area contributed by atoms with Crippen molar-refractivity contribution in [3.8, 4) is 5.75 Å². The van der Waals surface area contributed by atoms with Gasteiger partial charge in [0.05, 0.1) is 13.2 Å².